The molecule has 0 spiro atoms. The average molecular weight is 300 g/mol. The van der Waals surface area contributed by atoms with Crippen LogP contribution in [0.25, 0.3) is 0 Å². The number of hydrogen-bond acceptors (Lipinski definition) is 2. The fourth-order valence-corrected chi connectivity index (χ4v) is 1.96. The molecule has 0 bridgehead atoms. The van der Waals surface area contributed by atoms with Crippen molar-refractivity contribution in [3.63, 3.8) is 0 Å². The molecule has 15 heavy (non-hydrogen) atoms. The minimum atomic E-state index is -2.78. The summed E-state index contributed by atoms with van der Waals surface area (Å²) in [5.41, 5.74) is -0.398. The van der Waals surface area contributed by atoms with E-state index < -0.39 is 24.4 Å². The lowest BCUT2D eigenvalue weighted by atomic mass is 10.2. The standard InChI is InChI=1S/C8H5BrClF2NO2/c9-7-4(1-5(14)15)13-2-3(10)6(7)8(11)12/h2,8H,1H2,(H,14,15). The lowest BCUT2D eigenvalue weighted by Gasteiger charge is -2.08. The highest BCUT2D eigenvalue weighted by atomic mass is 79.9. The van der Waals surface area contributed by atoms with Gasteiger partial charge in [0.25, 0.3) is 6.43 Å². The van der Waals surface area contributed by atoms with Gasteiger partial charge in [-0.05, 0) is 15.9 Å². The van der Waals surface area contributed by atoms with Crippen LogP contribution in [-0.4, -0.2) is 16.1 Å². The van der Waals surface area contributed by atoms with Gasteiger partial charge >= 0.3 is 5.97 Å². The molecule has 7 heteroatoms. The Morgan fingerprint density at radius 2 is 2.27 bits per heavy atom. The number of pyridine rings is 1. The molecule has 3 nitrogen and oxygen atoms in total. The quantitative estimate of drug-likeness (QED) is 0.933. The number of aliphatic carboxylic acids is 1. The third-order valence-corrected chi connectivity index (χ3v) is 2.80. The first kappa shape index (κ1) is 12.3. The van der Waals surface area contributed by atoms with Crippen molar-refractivity contribution in [1.29, 1.82) is 0 Å². The third kappa shape index (κ3) is 2.85. The van der Waals surface area contributed by atoms with Crippen LogP contribution in [-0.2, 0) is 11.2 Å². The predicted molar refractivity (Wildman–Crippen MR) is 53.2 cm³/mol. The molecular formula is C8H5BrClF2NO2. The average Bonchev–Trinajstić information content (AvgIpc) is 2.09. The number of carboxylic acid groups (broad SMARTS) is 1. The van der Waals surface area contributed by atoms with Gasteiger partial charge in [0.2, 0.25) is 0 Å². The summed E-state index contributed by atoms with van der Waals surface area (Å²) in [6, 6.07) is 0. The van der Waals surface area contributed by atoms with E-state index in [-0.39, 0.29) is 15.2 Å². The largest absolute Gasteiger partial charge is 0.481 e. The zero-order chi connectivity index (χ0) is 11.6. The fraction of sp³-hybridized carbons (Fsp3) is 0.250. The molecule has 82 valence electrons. The number of rotatable bonds is 3. The first-order valence-corrected chi connectivity index (χ1v) is 4.93. The first-order chi connectivity index (χ1) is 6.93. The van der Waals surface area contributed by atoms with Gasteiger partial charge in [-0.3, -0.25) is 9.78 Å². The molecule has 0 aliphatic rings. The summed E-state index contributed by atoms with van der Waals surface area (Å²) in [6.45, 7) is 0. The van der Waals surface area contributed by atoms with Crippen molar-refractivity contribution in [1.82, 2.24) is 4.98 Å². The Kier molecular flexibility index (Phi) is 3.98. The van der Waals surface area contributed by atoms with Crippen LogP contribution >= 0.6 is 27.5 Å². The zero-order valence-corrected chi connectivity index (χ0v) is 9.52. The number of carboxylic acids is 1. The minimum absolute atomic E-state index is 0.0298. The maximum absolute atomic E-state index is 12.5. The smallest absolute Gasteiger partial charge is 0.309 e. The molecule has 0 radical (unpaired) electrons. The molecule has 0 atom stereocenters. The molecule has 1 rings (SSSR count). The second kappa shape index (κ2) is 4.85. The van der Waals surface area contributed by atoms with E-state index in [1.54, 1.807) is 0 Å². The van der Waals surface area contributed by atoms with Gasteiger partial charge in [-0.25, -0.2) is 8.78 Å². The third-order valence-electron chi connectivity index (χ3n) is 1.62. The van der Waals surface area contributed by atoms with E-state index in [2.05, 4.69) is 20.9 Å². The highest BCUT2D eigenvalue weighted by Crippen LogP contribution is 2.34. The Bertz CT molecular complexity index is 400. The van der Waals surface area contributed by atoms with Gasteiger partial charge in [0.15, 0.2) is 0 Å². The van der Waals surface area contributed by atoms with Crippen molar-refractivity contribution >= 4 is 33.5 Å². The summed E-state index contributed by atoms with van der Waals surface area (Å²) >= 11 is 8.38. The van der Waals surface area contributed by atoms with Crippen LogP contribution in [0.3, 0.4) is 0 Å². The van der Waals surface area contributed by atoms with E-state index in [1.165, 1.54) is 0 Å². The van der Waals surface area contributed by atoms with Gasteiger partial charge in [-0.1, -0.05) is 11.6 Å². The Labute approximate surface area is 97.2 Å². The monoisotopic (exact) mass is 299 g/mol. The summed E-state index contributed by atoms with van der Waals surface area (Å²) in [6.07, 6.45) is -2.19. The highest BCUT2D eigenvalue weighted by molar-refractivity contribution is 9.10. The zero-order valence-electron chi connectivity index (χ0n) is 7.18. The SMILES string of the molecule is O=C(O)Cc1ncc(Cl)c(C(F)F)c1Br. The number of hydrogen-bond donors (Lipinski definition) is 1. The van der Waals surface area contributed by atoms with Crippen LogP contribution in [0, 0.1) is 0 Å². The lowest BCUT2D eigenvalue weighted by Crippen LogP contribution is -2.05. The van der Waals surface area contributed by atoms with E-state index in [0.717, 1.165) is 6.20 Å². The van der Waals surface area contributed by atoms with Gasteiger partial charge in [-0.2, -0.15) is 0 Å². The summed E-state index contributed by atoms with van der Waals surface area (Å²) in [5.74, 6) is -1.15. The molecule has 0 saturated heterocycles. The Morgan fingerprint density at radius 3 is 2.73 bits per heavy atom. The topological polar surface area (TPSA) is 50.2 Å². The van der Waals surface area contributed by atoms with Crippen molar-refractivity contribution in [2.75, 3.05) is 0 Å². The molecule has 1 N–H and O–H groups in total. The van der Waals surface area contributed by atoms with Gasteiger partial charge in [0, 0.05) is 6.20 Å². The molecule has 0 amide bonds. The van der Waals surface area contributed by atoms with E-state index in [4.69, 9.17) is 16.7 Å². The van der Waals surface area contributed by atoms with Crippen LogP contribution < -0.4 is 0 Å². The van der Waals surface area contributed by atoms with Crippen molar-refractivity contribution in [2.45, 2.75) is 12.8 Å². The fourth-order valence-electron chi connectivity index (χ4n) is 0.988. The summed E-state index contributed by atoms with van der Waals surface area (Å²) in [7, 11) is 0. The van der Waals surface area contributed by atoms with Gasteiger partial charge in [0.05, 0.1) is 27.2 Å². The van der Waals surface area contributed by atoms with E-state index in [9.17, 15) is 13.6 Å². The Hall–Kier alpha value is -0.750. The second-order valence-electron chi connectivity index (χ2n) is 2.65. The summed E-state index contributed by atoms with van der Waals surface area (Å²) < 4.78 is 25.0. The number of aromatic nitrogens is 1. The van der Waals surface area contributed by atoms with E-state index in [1.807, 2.05) is 0 Å². The second-order valence-corrected chi connectivity index (χ2v) is 3.85. The van der Waals surface area contributed by atoms with Crippen LogP contribution in [0.15, 0.2) is 10.7 Å². The lowest BCUT2D eigenvalue weighted by molar-refractivity contribution is -0.136. The molecule has 0 unspecified atom stereocenters. The molecule has 0 saturated carbocycles. The minimum Gasteiger partial charge on any atom is -0.481 e. The number of carbonyl (C=O) groups is 1. The van der Waals surface area contributed by atoms with Crippen LogP contribution in [0.2, 0.25) is 5.02 Å². The summed E-state index contributed by atoms with van der Waals surface area (Å²) in [4.78, 5) is 14.1. The van der Waals surface area contributed by atoms with Crippen LogP contribution in [0.4, 0.5) is 8.78 Å². The number of nitrogens with zero attached hydrogens (tertiary/aromatic N) is 1. The normalized spacial score (nSPS) is 10.7. The molecule has 0 aromatic carbocycles. The molecule has 0 aliphatic heterocycles. The van der Waals surface area contributed by atoms with Crippen LogP contribution in [0.1, 0.15) is 17.7 Å². The van der Waals surface area contributed by atoms with Crippen molar-refractivity contribution in [2.24, 2.45) is 0 Å². The number of alkyl halides is 2. The molecule has 1 aromatic rings. The van der Waals surface area contributed by atoms with Crippen molar-refractivity contribution < 1.29 is 18.7 Å². The van der Waals surface area contributed by atoms with Gasteiger partial charge < -0.3 is 5.11 Å². The van der Waals surface area contributed by atoms with Crippen molar-refractivity contribution in [3.05, 3.63) is 26.9 Å². The van der Waals surface area contributed by atoms with Gasteiger partial charge in [-0.15, -0.1) is 0 Å². The summed E-state index contributed by atoms with van der Waals surface area (Å²) in [5, 5.41) is 8.32. The van der Waals surface area contributed by atoms with E-state index in [0.29, 0.717) is 0 Å². The Balaban J connectivity index is 3.22. The Morgan fingerprint density at radius 1 is 1.67 bits per heavy atom. The maximum Gasteiger partial charge on any atom is 0.309 e. The van der Waals surface area contributed by atoms with E-state index >= 15 is 0 Å². The molecule has 1 aromatic heterocycles. The van der Waals surface area contributed by atoms with Crippen molar-refractivity contribution in [3.8, 4) is 0 Å². The number of halogens is 4. The maximum atomic E-state index is 12.5. The molecule has 1 heterocycles. The van der Waals surface area contributed by atoms with Gasteiger partial charge in [0.1, 0.15) is 0 Å². The van der Waals surface area contributed by atoms with Crippen LogP contribution in [0.5, 0.6) is 0 Å². The highest BCUT2D eigenvalue weighted by Gasteiger charge is 2.20. The molecule has 0 fully saturated rings. The molecule has 0 aliphatic carbocycles. The predicted octanol–water partition coefficient (Wildman–Crippen LogP) is 3.06. The molecular weight excluding hydrogens is 295 g/mol. The first-order valence-electron chi connectivity index (χ1n) is 3.76.